The summed E-state index contributed by atoms with van der Waals surface area (Å²) in [6.07, 6.45) is 0.597. The van der Waals surface area contributed by atoms with Gasteiger partial charge in [0.05, 0.1) is 12.2 Å². The molecule has 2 aliphatic rings. The Balaban J connectivity index is 1.89. The van der Waals surface area contributed by atoms with Crippen LogP contribution in [0.2, 0.25) is 5.02 Å². The summed E-state index contributed by atoms with van der Waals surface area (Å²) in [6.45, 7) is 4.30. The lowest BCUT2D eigenvalue weighted by Crippen LogP contribution is -2.48. The van der Waals surface area contributed by atoms with Gasteiger partial charge in [0.1, 0.15) is 5.70 Å². The molecule has 152 valence electrons. The summed E-state index contributed by atoms with van der Waals surface area (Å²) in [5.74, 6) is -0.516. The van der Waals surface area contributed by atoms with Gasteiger partial charge in [-0.3, -0.25) is 19.4 Å². The molecule has 2 aliphatic heterocycles. The van der Waals surface area contributed by atoms with Crippen LogP contribution in [0.3, 0.4) is 0 Å². The number of aliphatic hydroxyl groups is 1. The molecule has 0 aliphatic carbocycles. The first-order valence-corrected chi connectivity index (χ1v) is 9.88. The molecule has 3 rings (SSSR count). The minimum Gasteiger partial charge on any atom is -0.395 e. The first-order chi connectivity index (χ1) is 13.6. The molecule has 1 aromatic rings. The Kier molecular flexibility index (Phi) is 7.07. The zero-order valence-corrected chi connectivity index (χ0v) is 16.8. The van der Waals surface area contributed by atoms with Crippen LogP contribution in [0.1, 0.15) is 12.0 Å². The van der Waals surface area contributed by atoms with Crippen LogP contribution in [0.25, 0.3) is 5.57 Å². The van der Waals surface area contributed by atoms with E-state index in [1.807, 2.05) is 4.90 Å². The molecule has 0 saturated carbocycles. The summed E-state index contributed by atoms with van der Waals surface area (Å²) >= 11 is 6.00. The van der Waals surface area contributed by atoms with E-state index in [1.165, 1.54) is 4.90 Å². The molecule has 1 fully saturated rings. The summed E-state index contributed by atoms with van der Waals surface area (Å²) < 4.78 is 5.06. The van der Waals surface area contributed by atoms with Crippen molar-refractivity contribution in [3.63, 3.8) is 0 Å². The Morgan fingerprint density at radius 2 is 1.71 bits per heavy atom. The highest BCUT2D eigenvalue weighted by Gasteiger charge is 2.41. The van der Waals surface area contributed by atoms with Crippen molar-refractivity contribution in [3.05, 3.63) is 40.5 Å². The number of carbonyl (C=O) groups excluding carboxylic acids is 2. The van der Waals surface area contributed by atoms with Gasteiger partial charge in [-0.1, -0.05) is 23.7 Å². The van der Waals surface area contributed by atoms with Gasteiger partial charge in [-0.2, -0.15) is 0 Å². The maximum Gasteiger partial charge on any atom is 0.277 e. The normalized spacial score (nSPS) is 18.5. The third kappa shape index (κ3) is 4.38. The number of hydrogen-bond acceptors (Lipinski definition) is 6. The molecule has 0 atom stereocenters. The van der Waals surface area contributed by atoms with E-state index < -0.39 is 0 Å². The number of piperazine rings is 1. The minimum atomic E-state index is -0.267. The fraction of sp³-hybridized carbons (Fsp3) is 0.500. The molecule has 2 heterocycles. The molecule has 0 aromatic heterocycles. The van der Waals surface area contributed by atoms with Crippen LogP contribution in [0.4, 0.5) is 0 Å². The lowest BCUT2D eigenvalue weighted by molar-refractivity contribution is -0.137. The molecule has 8 heteroatoms. The predicted molar refractivity (Wildman–Crippen MR) is 107 cm³/mol. The largest absolute Gasteiger partial charge is 0.395 e. The van der Waals surface area contributed by atoms with Gasteiger partial charge >= 0.3 is 0 Å². The average molecular weight is 408 g/mol. The first-order valence-electron chi connectivity index (χ1n) is 9.50. The van der Waals surface area contributed by atoms with Gasteiger partial charge in [-0.15, -0.1) is 0 Å². The monoisotopic (exact) mass is 407 g/mol. The number of aliphatic hydroxyl groups excluding tert-OH is 1. The fourth-order valence-corrected chi connectivity index (χ4v) is 3.77. The highest BCUT2D eigenvalue weighted by Crippen LogP contribution is 2.32. The summed E-state index contributed by atoms with van der Waals surface area (Å²) in [7, 11) is 1.60. The third-order valence-corrected chi connectivity index (χ3v) is 5.36. The van der Waals surface area contributed by atoms with E-state index in [-0.39, 0.29) is 18.4 Å². The van der Waals surface area contributed by atoms with Crippen LogP contribution < -0.4 is 0 Å². The number of nitrogens with zero attached hydrogens (tertiary/aromatic N) is 3. The fourth-order valence-electron chi connectivity index (χ4n) is 3.64. The predicted octanol–water partition coefficient (Wildman–Crippen LogP) is 1.07. The molecule has 0 spiro atoms. The van der Waals surface area contributed by atoms with Crippen molar-refractivity contribution >= 4 is 29.0 Å². The van der Waals surface area contributed by atoms with E-state index in [0.29, 0.717) is 61.1 Å². The van der Waals surface area contributed by atoms with Crippen molar-refractivity contribution < 1.29 is 19.4 Å². The number of benzene rings is 1. The van der Waals surface area contributed by atoms with Crippen LogP contribution in [0.5, 0.6) is 0 Å². The summed E-state index contributed by atoms with van der Waals surface area (Å²) in [4.78, 5) is 31.7. The summed E-state index contributed by atoms with van der Waals surface area (Å²) in [6, 6.07) is 7.02. The van der Waals surface area contributed by atoms with E-state index in [2.05, 4.69) is 4.90 Å². The molecule has 2 amide bonds. The van der Waals surface area contributed by atoms with Crippen molar-refractivity contribution in [1.82, 2.24) is 14.7 Å². The summed E-state index contributed by atoms with van der Waals surface area (Å²) in [5.41, 5.74) is 1.60. The molecular weight excluding hydrogens is 382 g/mol. The van der Waals surface area contributed by atoms with E-state index in [9.17, 15) is 9.59 Å². The Bertz CT molecular complexity index is 742. The van der Waals surface area contributed by atoms with Crippen molar-refractivity contribution in [2.45, 2.75) is 6.42 Å². The molecule has 0 unspecified atom stereocenters. The summed E-state index contributed by atoms with van der Waals surface area (Å²) in [5, 5.41) is 9.71. The standard InChI is InChI=1S/C20H26ClN3O4/c1-28-14-2-7-24-19(26)17(15-3-5-16(21)6-4-15)18(20(24)27)23-10-8-22(9-11-23)12-13-25/h3-6,25H,2,7-14H2,1H3. The first kappa shape index (κ1) is 20.8. The number of methoxy groups -OCH3 is 1. The quantitative estimate of drug-likeness (QED) is 0.513. The molecule has 0 bridgehead atoms. The van der Waals surface area contributed by atoms with Crippen molar-refractivity contribution in [2.24, 2.45) is 0 Å². The zero-order chi connectivity index (χ0) is 20.1. The maximum absolute atomic E-state index is 13.2. The Labute approximate surface area is 170 Å². The Morgan fingerprint density at radius 1 is 1.04 bits per heavy atom. The molecular formula is C20H26ClN3O4. The topological polar surface area (TPSA) is 73.3 Å². The Hall–Kier alpha value is -1.93. The molecule has 0 radical (unpaired) electrons. The zero-order valence-electron chi connectivity index (χ0n) is 16.1. The second-order valence-electron chi connectivity index (χ2n) is 6.89. The second-order valence-corrected chi connectivity index (χ2v) is 7.33. The average Bonchev–Trinajstić information content (AvgIpc) is 2.94. The molecule has 1 saturated heterocycles. The molecule has 1 N–H and O–H groups in total. The highest BCUT2D eigenvalue weighted by molar-refractivity contribution is 6.36. The lowest BCUT2D eigenvalue weighted by Gasteiger charge is -2.36. The number of rotatable bonds is 8. The van der Waals surface area contributed by atoms with Gasteiger partial charge in [0, 0.05) is 58.0 Å². The Morgan fingerprint density at radius 3 is 2.32 bits per heavy atom. The van der Waals surface area contributed by atoms with Crippen LogP contribution in [-0.2, 0) is 14.3 Å². The number of hydrogen-bond donors (Lipinski definition) is 1. The molecule has 28 heavy (non-hydrogen) atoms. The van der Waals surface area contributed by atoms with Crippen molar-refractivity contribution in [2.75, 3.05) is 59.6 Å². The highest BCUT2D eigenvalue weighted by atomic mass is 35.5. The minimum absolute atomic E-state index is 0.114. The number of carbonyl (C=O) groups is 2. The van der Waals surface area contributed by atoms with Crippen LogP contribution in [0.15, 0.2) is 30.0 Å². The molecule has 7 nitrogen and oxygen atoms in total. The van der Waals surface area contributed by atoms with Crippen LogP contribution >= 0.6 is 11.6 Å². The van der Waals surface area contributed by atoms with Crippen molar-refractivity contribution in [3.8, 4) is 0 Å². The van der Waals surface area contributed by atoms with Gasteiger partial charge in [0.2, 0.25) is 0 Å². The number of β-amino-alcohol motifs (C(OH)–C–C–N with tert-alkyl or cyclic N) is 1. The van der Waals surface area contributed by atoms with E-state index in [4.69, 9.17) is 21.4 Å². The third-order valence-electron chi connectivity index (χ3n) is 5.11. The van der Waals surface area contributed by atoms with Crippen molar-refractivity contribution in [1.29, 1.82) is 0 Å². The lowest BCUT2D eigenvalue weighted by atomic mass is 10.0. The van der Waals surface area contributed by atoms with Crippen LogP contribution in [-0.4, -0.2) is 91.2 Å². The number of halogens is 1. The van der Waals surface area contributed by atoms with Crippen LogP contribution in [0, 0.1) is 0 Å². The maximum atomic E-state index is 13.2. The van der Waals surface area contributed by atoms with Gasteiger partial charge in [0.25, 0.3) is 11.8 Å². The van der Waals surface area contributed by atoms with E-state index >= 15 is 0 Å². The smallest absolute Gasteiger partial charge is 0.277 e. The second kappa shape index (κ2) is 9.52. The number of amides is 2. The van der Waals surface area contributed by atoms with Gasteiger partial charge in [-0.05, 0) is 24.1 Å². The van der Waals surface area contributed by atoms with Gasteiger partial charge in [-0.25, -0.2) is 0 Å². The van der Waals surface area contributed by atoms with E-state index in [1.54, 1.807) is 31.4 Å². The van der Waals surface area contributed by atoms with Gasteiger partial charge in [0.15, 0.2) is 0 Å². The van der Waals surface area contributed by atoms with E-state index in [0.717, 1.165) is 13.1 Å². The number of ether oxygens (including phenoxy) is 1. The van der Waals surface area contributed by atoms with Gasteiger partial charge < -0.3 is 14.7 Å². The molecule has 1 aromatic carbocycles. The number of imide groups is 1. The SMILES string of the molecule is COCCCN1C(=O)C(c2ccc(Cl)cc2)=C(N2CCN(CCO)CC2)C1=O.